The summed E-state index contributed by atoms with van der Waals surface area (Å²) in [6, 6.07) is 4.38. The van der Waals surface area contributed by atoms with Crippen LogP contribution >= 0.6 is 11.6 Å². The highest BCUT2D eigenvalue weighted by Gasteiger charge is 2.30. The van der Waals surface area contributed by atoms with Crippen molar-refractivity contribution in [3.63, 3.8) is 0 Å². The fourth-order valence-corrected chi connectivity index (χ4v) is 1.68. The lowest BCUT2D eigenvalue weighted by atomic mass is 10.2. The maximum atomic E-state index is 11.4. The standard InChI is InChI=1S/C10H8ClNO3/c11-6-1-2-9(14)8(3-6)12-5-7(13)4-10(12)15/h1-3,14H,4-5H2. The van der Waals surface area contributed by atoms with Crippen molar-refractivity contribution in [3.8, 4) is 5.75 Å². The zero-order chi connectivity index (χ0) is 11.0. The quantitative estimate of drug-likeness (QED) is 0.734. The minimum atomic E-state index is -0.308. The van der Waals surface area contributed by atoms with Crippen LogP contribution in [0.15, 0.2) is 18.2 Å². The third-order valence-corrected chi connectivity index (χ3v) is 2.45. The Morgan fingerprint density at radius 2 is 2.07 bits per heavy atom. The second-order valence-electron chi connectivity index (χ2n) is 3.33. The molecule has 0 aromatic heterocycles. The molecule has 0 aliphatic carbocycles. The molecule has 0 unspecified atom stereocenters. The van der Waals surface area contributed by atoms with Gasteiger partial charge in [-0.15, -0.1) is 0 Å². The Hall–Kier alpha value is -1.55. The van der Waals surface area contributed by atoms with Crippen molar-refractivity contribution in [1.82, 2.24) is 0 Å². The molecule has 1 aromatic rings. The topological polar surface area (TPSA) is 57.6 Å². The monoisotopic (exact) mass is 225 g/mol. The molecule has 0 radical (unpaired) electrons. The molecule has 1 aliphatic rings. The van der Waals surface area contributed by atoms with Crippen LogP contribution in [0, 0.1) is 0 Å². The van der Waals surface area contributed by atoms with E-state index in [0.717, 1.165) is 0 Å². The number of benzene rings is 1. The fraction of sp³-hybridized carbons (Fsp3) is 0.200. The Morgan fingerprint density at radius 3 is 2.67 bits per heavy atom. The van der Waals surface area contributed by atoms with Crippen LogP contribution in [0.1, 0.15) is 6.42 Å². The summed E-state index contributed by atoms with van der Waals surface area (Å²) in [4.78, 5) is 23.7. The Morgan fingerprint density at radius 1 is 1.33 bits per heavy atom. The molecule has 2 rings (SSSR count). The summed E-state index contributed by atoms with van der Waals surface area (Å²) in [5.41, 5.74) is 0.290. The molecule has 15 heavy (non-hydrogen) atoms. The van der Waals surface area contributed by atoms with Crippen molar-refractivity contribution in [3.05, 3.63) is 23.2 Å². The van der Waals surface area contributed by atoms with E-state index < -0.39 is 0 Å². The predicted octanol–water partition coefficient (Wildman–Crippen LogP) is 1.35. The second-order valence-corrected chi connectivity index (χ2v) is 3.76. The minimum Gasteiger partial charge on any atom is -0.506 e. The Balaban J connectivity index is 2.41. The predicted molar refractivity (Wildman–Crippen MR) is 55.1 cm³/mol. The number of halogens is 1. The van der Waals surface area contributed by atoms with E-state index in [0.29, 0.717) is 10.7 Å². The molecular formula is C10H8ClNO3. The van der Waals surface area contributed by atoms with E-state index in [1.165, 1.54) is 23.1 Å². The first-order valence-corrected chi connectivity index (χ1v) is 4.76. The molecule has 1 aromatic carbocycles. The highest BCUT2D eigenvalue weighted by Crippen LogP contribution is 2.32. The summed E-state index contributed by atoms with van der Waals surface area (Å²) in [5, 5.41) is 9.95. The Kier molecular flexibility index (Phi) is 2.36. The van der Waals surface area contributed by atoms with Crippen molar-refractivity contribution < 1.29 is 14.7 Å². The van der Waals surface area contributed by atoms with Crippen molar-refractivity contribution >= 4 is 29.0 Å². The number of amides is 1. The summed E-state index contributed by atoms with van der Waals surface area (Å²) >= 11 is 5.75. The van der Waals surface area contributed by atoms with Crippen LogP contribution in [0.25, 0.3) is 0 Å². The largest absolute Gasteiger partial charge is 0.506 e. The lowest BCUT2D eigenvalue weighted by molar-refractivity contribution is -0.121. The number of nitrogens with zero attached hydrogens (tertiary/aromatic N) is 1. The van der Waals surface area contributed by atoms with Gasteiger partial charge in [0.25, 0.3) is 0 Å². The third kappa shape index (κ3) is 1.80. The number of hydrogen-bond donors (Lipinski definition) is 1. The van der Waals surface area contributed by atoms with Gasteiger partial charge in [-0.3, -0.25) is 9.59 Å². The molecule has 1 aliphatic heterocycles. The van der Waals surface area contributed by atoms with Crippen LogP contribution in [0.5, 0.6) is 5.75 Å². The van der Waals surface area contributed by atoms with Crippen LogP contribution in [0.3, 0.4) is 0 Å². The molecule has 0 spiro atoms. The fourth-order valence-electron chi connectivity index (χ4n) is 1.52. The summed E-state index contributed by atoms with van der Waals surface area (Å²) in [7, 11) is 0. The van der Waals surface area contributed by atoms with Gasteiger partial charge >= 0.3 is 0 Å². The molecule has 1 N–H and O–H groups in total. The van der Waals surface area contributed by atoms with Gasteiger partial charge in [-0.25, -0.2) is 0 Å². The first-order chi connectivity index (χ1) is 7.08. The lowest BCUT2D eigenvalue weighted by Crippen LogP contribution is -2.24. The van der Waals surface area contributed by atoms with Crippen molar-refractivity contribution in [2.24, 2.45) is 0 Å². The minimum absolute atomic E-state index is 0.00668. The van der Waals surface area contributed by atoms with Crippen LogP contribution in [0.2, 0.25) is 5.02 Å². The second kappa shape index (κ2) is 3.55. The molecular weight excluding hydrogens is 218 g/mol. The summed E-state index contributed by atoms with van der Waals surface area (Å²) in [5.74, 6) is -0.514. The zero-order valence-electron chi connectivity index (χ0n) is 7.74. The van der Waals surface area contributed by atoms with Crippen molar-refractivity contribution in [1.29, 1.82) is 0 Å². The molecule has 78 valence electrons. The number of ketones is 1. The maximum absolute atomic E-state index is 11.4. The van der Waals surface area contributed by atoms with Crippen LogP contribution in [-0.4, -0.2) is 23.3 Å². The average molecular weight is 226 g/mol. The van der Waals surface area contributed by atoms with E-state index >= 15 is 0 Å². The van der Waals surface area contributed by atoms with Gasteiger partial charge < -0.3 is 10.0 Å². The number of aromatic hydroxyl groups is 1. The molecule has 1 heterocycles. The van der Waals surface area contributed by atoms with E-state index in [1.54, 1.807) is 0 Å². The number of phenolic OH excluding ortho intramolecular Hbond substituents is 1. The maximum Gasteiger partial charge on any atom is 0.235 e. The molecule has 1 fully saturated rings. The van der Waals surface area contributed by atoms with Crippen molar-refractivity contribution in [2.75, 3.05) is 11.4 Å². The average Bonchev–Trinajstić information content (AvgIpc) is 2.50. The van der Waals surface area contributed by atoms with E-state index in [2.05, 4.69) is 0 Å². The number of anilines is 1. The van der Waals surface area contributed by atoms with Gasteiger partial charge in [-0.2, -0.15) is 0 Å². The van der Waals surface area contributed by atoms with Crippen molar-refractivity contribution in [2.45, 2.75) is 6.42 Å². The van der Waals surface area contributed by atoms with Crippen LogP contribution in [-0.2, 0) is 9.59 Å². The summed E-state index contributed by atoms with van der Waals surface area (Å²) in [6.45, 7) is 0.00668. The number of phenols is 1. The summed E-state index contributed by atoms with van der Waals surface area (Å²) in [6.07, 6.45) is -0.105. The number of hydrogen-bond acceptors (Lipinski definition) is 3. The lowest BCUT2D eigenvalue weighted by Gasteiger charge is -2.16. The van der Waals surface area contributed by atoms with Gasteiger partial charge in [-0.1, -0.05) is 11.6 Å². The number of rotatable bonds is 1. The van der Waals surface area contributed by atoms with Crippen LogP contribution < -0.4 is 4.90 Å². The van der Waals surface area contributed by atoms with E-state index in [1.807, 2.05) is 0 Å². The third-order valence-electron chi connectivity index (χ3n) is 2.21. The highest BCUT2D eigenvalue weighted by molar-refractivity contribution is 6.31. The van der Waals surface area contributed by atoms with Gasteiger partial charge in [0, 0.05) is 5.02 Å². The SMILES string of the molecule is O=C1CC(=O)N(c2cc(Cl)ccc2O)C1. The highest BCUT2D eigenvalue weighted by atomic mass is 35.5. The molecule has 1 amide bonds. The number of carbonyl (C=O) groups excluding carboxylic acids is 2. The van der Waals surface area contributed by atoms with Gasteiger partial charge in [0.15, 0.2) is 5.78 Å². The Labute approximate surface area is 91.1 Å². The van der Waals surface area contributed by atoms with E-state index in [-0.39, 0.29) is 30.4 Å². The number of carbonyl (C=O) groups is 2. The van der Waals surface area contributed by atoms with Gasteiger partial charge in [0.05, 0.1) is 18.7 Å². The molecule has 5 heteroatoms. The molecule has 1 saturated heterocycles. The number of Topliss-reactive ketones (excluding diaryl/α,β-unsaturated/α-hetero) is 1. The summed E-state index contributed by atoms with van der Waals surface area (Å²) < 4.78 is 0. The van der Waals surface area contributed by atoms with E-state index in [4.69, 9.17) is 11.6 Å². The molecule has 4 nitrogen and oxygen atoms in total. The Bertz CT molecular complexity index is 444. The first-order valence-electron chi connectivity index (χ1n) is 4.38. The molecule has 0 atom stereocenters. The molecule has 0 bridgehead atoms. The first kappa shape index (κ1) is 9.98. The smallest absolute Gasteiger partial charge is 0.235 e. The van der Waals surface area contributed by atoms with Gasteiger partial charge in [-0.05, 0) is 18.2 Å². The molecule has 0 saturated carbocycles. The van der Waals surface area contributed by atoms with Crippen LogP contribution in [0.4, 0.5) is 5.69 Å². The zero-order valence-corrected chi connectivity index (χ0v) is 8.49. The normalized spacial score (nSPS) is 16.2. The van der Waals surface area contributed by atoms with Gasteiger partial charge in [0.1, 0.15) is 5.75 Å². The van der Waals surface area contributed by atoms with E-state index in [9.17, 15) is 14.7 Å². The van der Waals surface area contributed by atoms with Gasteiger partial charge in [0.2, 0.25) is 5.91 Å².